The SMILES string of the molecule is COc1cc(C(=S)N2CCCCC2)cc(I)c1OCC(=O)Nc1ccccc1C. The molecule has 0 radical (unpaired) electrons. The van der Waals surface area contributed by atoms with Crippen LogP contribution in [0.4, 0.5) is 5.69 Å². The summed E-state index contributed by atoms with van der Waals surface area (Å²) >= 11 is 7.90. The molecule has 2 aromatic rings. The number of thiocarbonyl (C=S) groups is 1. The highest BCUT2D eigenvalue weighted by Crippen LogP contribution is 2.34. The van der Waals surface area contributed by atoms with Crippen LogP contribution in [0, 0.1) is 10.5 Å². The second-order valence-corrected chi connectivity index (χ2v) is 8.54. The largest absolute Gasteiger partial charge is 0.493 e. The summed E-state index contributed by atoms with van der Waals surface area (Å²) in [5, 5.41) is 2.88. The number of carbonyl (C=O) groups is 1. The Labute approximate surface area is 190 Å². The lowest BCUT2D eigenvalue weighted by atomic mass is 10.1. The van der Waals surface area contributed by atoms with Gasteiger partial charge in [0.1, 0.15) is 4.99 Å². The second-order valence-electron chi connectivity index (χ2n) is 6.99. The van der Waals surface area contributed by atoms with E-state index in [2.05, 4.69) is 32.8 Å². The Morgan fingerprint density at radius 2 is 1.93 bits per heavy atom. The molecule has 5 nitrogen and oxygen atoms in total. The number of rotatable bonds is 6. The summed E-state index contributed by atoms with van der Waals surface area (Å²) in [6.07, 6.45) is 3.61. The van der Waals surface area contributed by atoms with Gasteiger partial charge in [0.05, 0.1) is 10.7 Å². The molecule has 0 unspecified atom stereocenters. The van der Waals surface area contributed by atoms with Gasteiger partial charge in [0.25, 0.3) is 5.91 Å². The number of methoxy groups -OCH3 is 1. The van der Waals surface area contributed by atoms with Gasteiger partial charge in [-0.05, 0) is 72.5 Å². The standard InChI is InChI=1S/C22H25IN2O3S/c1-15-8-4-5-9-18(15)24-20(26)14-28-21-17(23)12-16(13-19(21)27-2)22(29)25-10-6-3-7-11-25/h4-5,8-9,12-13H,3,6-7,10-11,14H2,1-2H3,(H,24,26). The predicted molar refractivity (Wildman–Crippen MR) is 128 cm³/mol. The number of hydrogen-bond acceptors (Lipinski definition) is 4. The summed E-state index contributed by atoms with van der Waals surface area (Å²) in [5.41, 5.74) is 2.73. The molecule has 1 aliphatic rings. The number of amides is 1. The minimum atomic E-state index is -0.218. The first-order chi connectivity index (χ1) is 14.0. The van der Waals surface area contributed by atoms with E-state index >= 15 is 0 Å². The lowest BCUT2D eigenvalue weighted by molar-refractivity contribution is -0.118. The molecule has 0 aliphatic carbocycles. The van der Waals surface area contributed by atoms with Gasteiger partial charge >= 0.3 is 0 Å². The molecule has 0 spiro atoms. The van der Waals surface area contributed by atoms with E-state index in [1.165, 1.54) is 19.3 Å². The fourth-order valence-corrected chi connectivity index (χ4v) is 4.36. The zero-order valence-corrected chi connectivity index (χ0v) is 19.6. The highest BCUT2D eigenvalue weighted by atomic mass is 127. The quantitative estimate of drug-likeness (QED) is 0.435. The number of aryl methyl sites for hydroxylation is 1. The van der Waals surface area contributed by atoms with E-state index < -0.39 is 0 Å². The maximum Gasteiger partial charge on any atom is 0.262 e. The van der Waals surface area contributed by atoms with Gasteiger partial charge in [0.2, 0.25) is 0 Å². The summed E-state index contributed by atoms with van der Waals surface area (Å²) in [4.78, 5) is 15.4. The molecular formula is C22H25IN2O3S. The normalized spacial score (nSPS) is 13.7. The molecule has 3 rings (SSSR count). The molecule has 2 aromatic carbocycles. The van der Waals surface area contributed by atoms with Gasteiger partial charge in [0, 0.05) is 24.3 Å². The third kappa shape index (κ3) is 5.60. The Kier molecular flexibility index (Phi) is 7.71. The van der Waals surface area contributed by atoms with Crippen molar-refractivity contribution in [3.8, 4) is 11.5 Å². The van der Waals surface area contributed by atoms with E-state index in [1.54, 1.807) is 7.11 Å². The van der Waals surface area contributed by atoms with Gasteiger partial charge in [-0.2, -0.15) is 0 Å². The first-order valence-corrected chi connectivity index (χ1v) is 11.1. The molecule has 1 N–H and O–H groups in total. The van der Waals surface area contributed by atoms with Crippen LogP contribution in [0.3, 0.4) is 0 Å². The van der Waals surface area contributed by atoms with Crippen molar-refractivity contribution in [1.29, 1.82) is 0 Å². The van der Waals surface area contributed by atoms with E-state index in [0.29, 0.717) is 11.5 Å². The first-order valence-electron chi connectivity index (χ1n) is 9.64. The van der Waals surface area contributed by atoms with Crippen LogP contribution in [0.5, 0.6) is 11.5 Å². The van der Waals surface area contributed by atoms with Gasteiger partial charge in [-0.25, -0.2) is 0 Å². The zero-order chi connectivity index (χ0) is 20.8. The Bertz CT molecular complexity index is 898. The zero-order valence-electron chi connectivity index (χ0n) is 16.7. The van der Waals surface area contributed by atoms with Crippen LogP contribution in [0.2, 0.25) is 0 Å². The monoisotopic (exact) mass is 524 g/mol. The topological polar surface area (TPSA) is 50.8 Å². The van der Waals surface area contributed by atoms with Crippen LogP contribution in [-0.2, 0) is 4.79 Å². The molecule has 0 saturated carbocycles. The summed E-state index contributed by atoms with van der Waals surface area (Å²) in [7, 11) is 1.60. The Hall–Kier alpha value is -1.87. The van der Waals surface area contributed by atoms with Gasteiger partial charge in [-0.15, -0.1) is 0 Å². The van der Waals surface area contributed by atoms with Crippen molar-refractivity contribution in [1.82, 2.24) is 4.90 Å². The molecule has 1 fully saturated rings. The van der Waals surface area contributed by atoms with Crippen LogP contribution in [0.15, 0.2) is 36.4 Å². The minimum Gasteiger partial charge on any atom is -0.493 e. The highest BCUT2D eigenvalue weighted by Gasteiger charge is 2.19. The third-order valence-corrected chi connectivity index (χ3v) is 6.18. The fraction of sp³-hybridized carbons (Fsp3) is 0.364. The average Bonchev–Trinajstić information content (AvgIpc) is 2.74. The molecule has 1 amide bonds. The molecular weight excluding hydrogens is 499 g/mol. The molecule has 0 aromatic heterocycles. The number of para-hydroxylation sites is 1. The summed E-state index contributed by atoms with van der Waals surface area (Å²) in [5.74, 6) is 0.915. The molecule has 154 valence electrons. The Morgan fingerprint density at radius 1 is 1.21 bits per heavy atom. The fourth-order valence-electron chi connectivity index (χ4n) is 3.30. The summed E-state index contributed by atoms with van der Waals surface area (Å²) in [6, 6.07) is 11.5. The van der Waals surface area contributed by atoms with Crippen LogP contribution in [-0.4, -0.2) is 42.6 Å². The third-order valence-electron chi connectivity index (χ3n) is 4.89. The van der Waals surface area contributed by atoms with E-state index in [1.807, 2.05) is 43.3 Å². The number of halogens is 1. The molecule has 0 atom stereocenters. The van der Waals surface area contributed by atoms with Gasteiger partial charge < -0.3 is 19.7 Å². The predicted octanol–water partition coefficient (Wildman–Crippen LogP) is 4.79. The number of hydrogen-bond donors (Lipinski definition) is 1. The Balaban J connectivity index is 1.70. The summed E-state index contributed by atoms with van der Waals surface area (Å²) < 4.78 is 12.2. The van der Waals surface area contributed by atoms with Crippen LogP contribution in [0.1, 0.15) is 30.4 Å². The first kappa shape index (κ1) is 21.8. The lowest BCUT2D eigenvalue weighted by Gasteiger charge is -2.29. The van der Waals surface area contributed by atoms with Crippen molar-refractivity contribution < 1.29 is 14.3 Å². The van der Waals surface area contributed by atoms with Crippen molar-refractivity contribution in [2.24, 2.45) is 0 Å². The van der Waals surface area contributed by atoms with Crippen molar-refractivity contribution in [3.63, 3.8) is 0 Å². The van der Waals surface area contributed by atoms with Gasteiger partial charge in [-0.3, -0.25) is 4.79 Å². The van der Waals surface area contributed by atoms with Crippen LogP contribution in [0.25, 0.3) is 0 Å². The van der Waals surface area contributed by atoms with Crippen molar-refractivity contribution in [2.75, 3.05) is 32.1 Å². The van der Waals surface area contributed by atoms with Crippen molar-refractivity contribution >= 4 is 51.4 Å². The second kappa shape index (κ2) is 10.2. The van der Waals surface area contributed by atoms with E-state index in [4.69, 9.17) is 21.7 Å². The molecule has 1 saturated heterocycles. The number of piperidine rings is 1. The number of likely N-dealkylation sites (tertiary alicyclic amines) is 1. The number of carbonyl (C=O) groups excluding carboxylic acids is 1. The maximum absolute atomic E-state index is 12.3. The molecule has 0 bridgehead atoms. The van der Waals surface area contributed by atoms with Gasteiger partial charge in [0.15, 0.2) is 18.1 Å². The van der Waals surface area contributed by atoms with E-state index in [0.717, 1.165) is 38.5 Å². The number of nitrogens with zero attached hydrogens (tertiary/aromatic N) is 1. The average molecular weight is 524 g/mol. The van der Waals surface area contributed by atoms with E-state index in [-0.39, 0.29) is 12.5 Å². The molecule has 29 heavy (non-hydrogen) atoms. The Morgan fingerprint density at radius 3 is 2.62 bits per heavy atom. The highest BCUT2D eigenvalue weighted by molar-refractivity contribution is 14.1. The number of benzene rings is 2. The van der Waals surface area contributed by atoms with Crippen molar-refractivity contribution in [3.05, 3.63) is 51.1 Å². The lowest BCUT2D eigenvalue weighted by Crippen LogP contribution is -2.35. The van der Waals surface area contributed by atoms with Gasteiger partial charge in [-0.1, -0.05) is 30.4 Å². The van der Waals surface area contributed by atoms with Crippen molar-refractivity contribution in [2.45, 2.75) is 26.2 Å². The maximum atomic E-state index is 12.3. The molecule has 7 heteroatoms. The van der Waals surface area contributed by atoms with E-state index in [9.17, 15) is 4.79 Å². The summed E-state index contributed by atoms with van der Waals surface area (Å²) in [6.45, 7) is 3.84. The smallest absolute Gasteiger partial charge is 0.262 e. The number of nitrogens with one attached hydrogen (secondary N) is 1. The molecule has 1 heterocycles. The van der Waals surface area contributed by atoms with Crippen LogP contribution >= 0.6 is 34.8 Å². The van der Waals surface area contributed by atoms with Crippen LogP contribution < -0.4 is 14.8 Å². The molecule has 1 aliphatic heterocycles. The number of anilines is 1. The minimum absolute atomic E-state index is 0.101. The number of ether oxygens (including phenoxy) is 2.